The smallest absolute Gasteiger partial charge is 0.341 e. The van der Waals surface area contributed by atoms with Gasteiger partial charge in [-0.2, -0.15) is 0 Å². The Morgan fingerprint density at radius 2 is 2.12 bits per heavy atom. The van der Waals surface area contributed by atoms with E-state index in [-0.39, 0.29) is 18.3 Å². The van der Waals surface area contributed by atoms with E-state index in [1.54, 1.807) is 24.6 Å². The zero-order valence-electron chi connectivity index (χ0n) is 19.4. The van der Waals surface area contributed by atoms with Gasteiger partial charge in [-0.15, -0.1) is 32.9 Å². The number of thioether (sulfide) groups is 1. The van der Waals surface area contributed by atoms with Crippen LogP contribution < -0.4 is 5.32 Å². The Bertz CT molecular complexity index is 1420. The monoisotopic (exact) mass is 515 g/mol. The highest BCUT2D eigenvalue weighted by atomic mass is 32.2. The lowest BCUT2D eigenvalue weighted by molar-refractivity contribution is -0.113. The van der Waals surface area contributed by atoms with Gasteiger partial charge in [-0.05, 0) is 57.1 Å². The molecule has 34 heavy (non-hydrogen) atoms. The number of anilines is 1. The molecule has 178 valence electrons. The zero-order chi connectivity index (χ0) is 24.0. The van der Waals surface area contributed by atoms with Gasteiger partial charge in [0.25, 0.3) is 0 Å². The Balaban J connectivity index is 1.35. The Labute approximate surface area is 209 Å². The number of carbonyl (C=O) groups excluding carboxylic acids is 2. The molecule has 0 spiro atoms. The van der Waals surface area contributed by atoms with Gasteiger partial charge in [-0.25, -0.2) is 9.78 Å². The molecule has 0 aromatic carbocycles. The Morgan fingerprint density at radius 3 is 2.91 bits per heavy atom. The van der Waals surface area contributed by atoms with E-state index in [2.05, 4.69) is 27.4 Å². The number of carbonyl (C=O) groups is 2. The van der Waals surface area contributed by atoms with Crippen molar-refractivity contribution in [2.24, 2.45) is 5.92 Å². The lowest BCUT2D eigenvalue weighted by atomic mass is 9.89. The Morgan fingerprint density at radius 1 is 1.29 bits per heavy atom. The summed E-state index contributed by atoms with van der Waals surface area (Å²) in [6.07, 6.45) is 5.05. The summed E-state index contributed by atoms with van der Waals surface area (Å²) in [5, 5.41) is 13.9. The van der Waals surface area contributed by atoms with Crippen LogP contribution in [0.25, 0.3) is 15.9 Å². The van der Waals surface area contributed by atoms with E-state index in [0.29, 0.717) is 21.6 Å². The van der Waals surface area contributed by atoms with Crippen LogP contribution in [0.5, 0.6) is 0 Å². The van der Waals surface area contributed by atoms with Gasteiger partial charge in [-0.1, -0.05) is 18.7 Å². The molecule has 0 aliphatic heterocycles. The summed E-state index contributed by atoms with van der Waals surface area (Å²) in [7, 11) is 0. The summed E-state index contributed by atoms with van der Waals surface area (Å²) in [5.41, 5.74) is 3.42. The van der Waals surface area contributed by atoms with E-state index in [1.807, 2.05) is 18.2 Å². The molecule has 8 nitrogen and oxygen atoms in total. The third-order valence-electron chi connectivity index (χ3n) is 6.12. The van der Waals surface area contributed by atoms with E-state index < -0.39 is 5.97 Å². The summed E-state index contributed by atoms with van der Waals surface area (Å²) >= 11 is 4.44. The molecule has 1 atom stereocenters. The maximum atomic E-state index is 12.7. The molecular weight excluding hydrogens is 490 g/mol. The maximum Gasteiger partial charge on any atom is 0.341 e. The van der Waals surface area contributed by atoms with Gasteiger partial charge in [0.1, 0.15) is 16.2 Å². The minimum absolute atomic E-state index is 0.135. The molecule has 1 aliphatic carbocycles. The van der Waals surface area contributed by atoms with Crippen LogP contribution in [0, 0.1) is 19.8 Å². The van der Waals surface area contributed by atoms with E-state index in [1.165, 1.54) is 40.0 Å². The number of aromatic nitrogens is 4. The average Bonchev–Trinajstić information content (AvgIpc) is 3.45. The first-order valence-corrected chi connectivity index (χ1v) is 13.8. The van der Waals surface area contributed by atoms with Crippen LogP contribution in [0.2, 0.25) is 0 Å². The second-order valence-corrected chi connectivity index (χ2v) is 11.7. The fourth-order valence-corrected chi connectivity index (χ4v) is 7.39. The highest BCUT2D eigenvalue weighted by Crippen LogP contribution is 2.39. The van der Waals surface area contributed by atoms with Crippen molar-refractivity contribution in [2.45, 2.75) is 52.1 Å². The third-order valence-corrected chi connectivity index (χ3v) is 9.35. The predicted octanol–water partition coefficient (Wildman–Crippen LogP) is 5.05. The number of ether oxygens (including phenoxy) is 1. The fourth-order valence-electron chi connectivity index (χ4n) is 4.27. The second-order valence-electron chi connectivity index (χ2n) is 8.50. The third kappa shape index (κ3) is 4.09. The van der Waals surface area contributed by atoms with E-state index in [4.69, 9.17) is 4.74 Å². The van der Waals surface area contributed by atoms with Crippen LogP contribution in [0.4, 0.5) is 5.00 Å². The zero-order valence-corrected chi connectivity index (χ0v) is 21.9. The van der Waals surface area contributed by atoms with Gasteiger partial charge in [0.15, 0.2) is 10.8 Å². The maximum absolute atomic E-state index is 12.7. The summed E-state index contributed by atoms with van der Waals surface area (Å²) in [6, 6.07) is 0. The van der Waals surface area contributed by atoms with Crippen LogP contribution in [-0.4, -0.2) is 43.8 Å². The Kier molecular flexibility index (Phi) is 6.34. The second kappa shape index (κ2) is 9.27. The van der Waals surface area contributed by atoms with Gasteiger partial charge >= 0.3 is 5.97 Å². The van der Waals surface area contributed by atoms with Gasteiger partial charge < -0.3 is 10.1 Å². The lowest BCUT2D eigenvalue weighted by Crippen LogP contribution is -2.16. The van der Waals surface area contributed by atoms with Gasteiger partial charge in [-0.3, -0.25) is 9.20 Å². The number of aryl methyl sites for hydroxylation is 2. The SMILES string of the molecule is CCOC(=O)c1c(NC(=O)CSc2nnc3c4c5c(sc4ncn23)C[C@H](C)CC5)sc(C)c1C. The van der Waals surface area contributed by atoms with Crippen molar-refractivity contribution in [3.63, 3.8) is 0 Å². The fraction of sp³-hybridized carbons (Fsp3) is 0.435. The number of hydrogen-bond donors (Lipinski definition) is 1. The van der Waals surface area contributed by atoms with Crippen molar-refractivity contribution in [1.82, 2.24) is 19.6 Å². The number of amides is 1. The first-order valence-electron chi connectivity index (χ1n) is 11.2. The quantitative estimate of drug-likeness (QED) is 0.283. The molecular formula is C23H25N5O3S3. The van der Waals surface area contributed by atoms with E-state index >= 15 is 0 Å². The van der Waals surface area contributed by atoms with Crippen molar-refractivity contribution in [3.05, 3.63) is 32.8 Å². The van der Waals surface area contributed by atoms with Crippen molar-refractivity contribution >= 4 is 67.2 Å². The molecule has 0 saturated heterocycles. The van der Waals surface area contributed by atoms with Crippen molar-refractivity contribution in [3.8, 4) is 0 Å². The van der Waals surface area contributed by atoms with Crippen LogP contribution in [0.15, 0.2) is 11.5 Å². The molecule has 0 saturated carbocycles. The number of thiophene rings is 2. The number of esters is 1. The van der Waals surface area contributed by atoms with Crippen molar-refractivity contribution < 1.29 is 14.3 Å². The molecule has 0 fully saturated rings. The molecule has 4 aromatic rings. The van der Waals surface area contributed by atoms with E-state index in [0.717, 1.165) is 39.1 Å². The van der Waals surface area contributed by atoms with E-state index in [9.17, 15) is 9.59 Å². The predicted molar refractivity (Wildman–Crippen MR) is 136 cm³/mol. The molecule has 5 rings (SSSR count). The molecule has 4 heterocycles. The molecule has 1 amide bonds. The molecule has 4 aromatic heterocycles. The minimum atomic E-state index is -0.417. The van der Waals surface area contributed by atoms with Crippen LogP contribution >= 0.6 is 34.4 Å². The summed E-state index contributed by atoms with van der Waals surface area (Å²) in [4.78, 5) is 33.2. The van der Waals surface area contributed by atoms with Crippen molar-refractivity contribution in [1.29, 1.82) is 0 Å². The highest BCUT2D eigenvalue weighted by molar-refractivity contribution is 7.99. The number of nitrogens with one attached hydrogen (secondary N) is 1. The highest BCUT2D eigenvalue weighted by Gasteiger charge is 2.25. The number of hydrogen-bond acceptors (Lipinski definition) is 9. The van der Waals surface area contributed by atoms with Gasteiger partial charge in [0.05, 0.1) is 23.3 Å². The number of fused-ring (bicyclic) bond motifs is 5. The summed E-state index contributed by atoms with van der Waals surface area (Å²) in [5.74, 6) is 0.194. The lowest BCUT2D eigenvalue weighted by Gasteiger charge is -2.17. The van der Waals surface area contributed by atoms with Gasteiger partial charge in [0.2, 0.25) is 5.91 Å². The molecule has 0 unspecified atom stereocenters. The molecule has 0 radical (unpaired) electrons. The first-order chi connectivity index (χ1) is 16.4. The topological polar surface area (TPSA) is 98.5 Å². The Hall–Kier alpha value is -2.50. The molecule has 1 N–H and O–H groups in total. The normalized spacial score (nSPS) is 15.6. The first kappa shape index (κ1) is 23.3. The number of rotatable bonds is 6. The largest absolute Gasteiger partial charge is 0.462 e. The van der Waals surface area contributed by atoms with Crippen LogP contribution in [0.1, 0.15) is 51.5 Å². The molecule has 1 aliphatic rings. The summed E-state index contributed by atoms with van der Waals surface area (Å²) in [6.45, 7) is 8.13. The van der Waals surface area contributed by atoms with Crippen molar-refractivity contribution in [2.75, 3.05) is 17.7 Å². The number of nitrogens with zero attached hydrogens (tertiary/aromatic N) is 4. The van der Waals surface area contributed by atoms with Crippen LogP contribution in [0.3, 0.4) is 0 Å². The minimum Gasteiger partial charge on any atom is -0.462 e. The van der Waals surface area contributed by atoms with Gasteiger partial charge in [0, 0.05) is 9.75 Å². The molecule has 0 bridgehead atoms. The average molecular weight is 516 g/mol. The summed E-state index contributed by atoms with van der Waals surface area (Å²) < 4.78 is 7.04. The standard InChI is InChI=1S/C23H25N5O3S3/c1-5-31-22(30)17-12(3)13(4)33-21(17)25-16(29)9-32-23-27-26-19-18-14-7-6-11(2)8-15(14)34-20(18)24-10-28(19)23/h10-11H,5-9H2,1-4H3,(H,25,29)/t11-/m1/s1. The molecule has 11 heteroatoms. The van der Waals surface area contributed by atoms with Crippen LogP contribution in [-0.2, 0) is 22.4 Å².